The Morgan fingerprint density at radius 2 is 1.47 bits per heavy atom. The molecule has 59 heavy (non-hydrogen) atoms. The van der Waals surface area contributed by atoms with Gasteiger partial charge in [-0.2, -0.15) is 0 Å². The number of halogens is 2. The molecule has 8 N–H and O–H groups in total. The van der Waals surface area contributed by atoms with Crippen molar-refractivity contribution in [1.82, 2.24) is 51.8 Å². The number of carbonyl (C=O) groups is 7. The van der Waals surface area contributed by atoms with Crippen molar-refractivity contribution in [2.24, 2.45) is 0 Å². The Labute approximate surface area is 351 Å². The highest BCUT2D eigenvalue weighted by Gasteiger charge is 2.31. The molecule has 5 aromatic rings. The van der Waals surface area contributed by atoms with Gasteiger partial charge in [-0.25, -0.2) is 4.98 Å². The molecule has 0 radical (unpaired) electrons. The molecule has 20 heteroatoms. The molecule has 17 nitrogen and oxygen atoms in total. The first-order valence-corrected chi connectivity index (χ1v) is 19.9. The van der Waals surface area contributed by atoms with Crippen LogP contribution < -0.4 is 31.9 Å². The van der Waals surface area contributed by atoms with Crippen LogP contribution in [-0.2, 0) is 41.6 Å². The van der Waals surface area contributed by atoms with E-state index in [1.54, 1.807) is 31.5 Å². The summed E-state index contributed by atoms with van der Waals surface area (Å²) in [6.45, 7) is 5.58. The SMILES string of the molecule is C=C1NC(=O)[C@@H](C)NC(=O)CNC(=O)[C@H](Cc2c[nH]c3ccc(Cl)c(Cl)c23)NC(=O)[C@H](Cc2c[nH]c3ccccc23)NC(=O)c2csc(n2)[C@@H](C)NC(=O)CN(C)C1=O. The molecule has 2 bridgehead atoms. The molecule has 6 rings (SSSR count). The lowest BCUT2D eigenvalue weighted by Crippen LogP contribution is -2.56. The topological polar surface area (TPSA) is 239 Å². The maximum absolute atomic E-state index is 14.4. The van der Waals surface area contributed by atoms with Gasteiger partial charge in [0.15, 0.2) is 0 Å². The number of nitrogens with zero attached hydrogens (tertiary/aromatic N) is 2. The molecule has 0 spiro atoms. The van der Waals surface area contributed by atoms with Crippen LogP contribution in [0.2, 0.25) is 10.0 Å². The summed E-state index contributed by atoms with van der Waals surface area (Å²) in [5.41, 5.74) is 2.26. The second kappa shape index (κ2) is 18.1. The van der Waals surface area contributed by atoms with Crippen LogP contribution in [0.15, 0.2) is 66.4 Å². The Balaban J connectivity index is 1.34. The number of benzene rings is 2. The highest BCUT2D eigenvalue weighted by Crippen LogP contribution is 2.33. The molecule has 1 aliphatic rings. The number of nitrogens with one attached hydrogen (secondary N) is 8. The number of aromatic amines is 2. The van der Waals surface area contributed by atoms with Gasteiger partial charge in [-0.1, -0.05) is 48.0 Å². The minimum Gasteiger partial charge on any atom is -0.361 e. The largest absolute Gasteiger partial charge is 0.361 e. The molecule has 2 aromatic carbocycles. The summed E-state index contributed by atoms with van der Waals surface area (Å²) in [6, 6.07) is 6.28. The molecule has 4 atom stereocenters. The minimum atomic E-state index is -1.33. The zero-order valence-corrected chi connectivity index (χ0v) is 34.3. The molecule has 0 fully saturated rings. The maximum Gasteiger partial charge on any atom is 0.271 e. The van der Waals surface area contributed by atoms with Crippen LogP contribution in [0.4, 0.5) is 0 Å². The van der Waals surface area contributed by atoms with Crippen molar-refractivity contribution in [3.63, 3.8) is 0 Å². The second-order valence-electron chi connectivity index (χ2n) is 13.9. The molecule has 3 aromatic heterocycles. The van der Waals surface area contributed by atoms with E-state index in [-0.39, 0.29) is 34.3 Å². The van der Waals surface area contributed by atoms with Gasteiger partial charge in [0.05, 0.1) is 34.9 Å². The fraction of sp³-hybridized carbons (Fsp3) is 0.282. The lowest BCUT2D eigenvalue weighted by Gasteiger charge is -2.23. The minimum absolute atomic E-state index is 0.00504. The van der Waals surface area contributed by atoms with Crippen molar-refractivity contribution >= 4 is 97.7 Å². The van der Waals surface area contributed by atoms with E-state index in [0.717, 1.165) is 27.1 Å². The summed E-state index contributed by atoms with van der Waals surface area (Å²) in [6.07, 6.45) is 3.21. The summed E-state index contributed by atoms with van der Waals surface area (Å²) >= 11 is 14.0. The third-order valence-electron chi connectivity index (χ3n) is 9.55. The quantitative estimate of drug-likeness (QED) is 0.125. The third-order valence-corrected chi connectivity index (χ3v) is 11.4. The lowest BCUT2D eigenvalue weighted by atomic mass is 10.0. The number of carbonyl (C=O) groups excluding carboxylic acids is 7. The van der Waals surface area contributed by atoms with Gasteiger partial charge in [0.25, 0.3) is 11.8 Å². The van der Waals surface area contributed by atoms with Crippen LogP contribution in [0.1, 0.15) is 46.5 Å². The molecular formula is C39H40Cl2N10O7S. The number of hydrogen-bond acceptors (Lipinski definition) is 9. The summed E-state index contributed by atoms with van der Waals surface area (Å²) in [7, 11) is 1.34. The van der Waals surface area contributed by atoms with Crippen molar-refractivity contribution in [3.05, 3.63) is 98.3 Å². The molecule has 0 aliphatic carbocycles. The number of fused-ring (bicyclic) bond motifs is 4. The number of thiazole rings is 1. The zero-order chi connectivity index (χ0) is 42.5. The summed E-state index contributed by atoms with van der Waals surface area (Å²) in [4.78, 5) is 106. The van der Waals surface area contributed by atoms with Gasteiger partial charge in [0.1, 0.15) is 28.8 Å². The van der Waals surface area contributed by atoms with E-state index in [2.05, 4.69) is 53.4 Å². The molecule has 7 amide bonds. The number of aromatic nitrogens is 3. The van der Waals surface area contributed by atoms with Crippen molar-refractivity contribution in [2.75, 3.05) is 20.1 Å². The van der Waals surface area contributed by atoms with Crippen LogP contribution in [0.3, 0.4) is 0 Å². The average molecular weight is 864 g/mol. The highest BCUT2D eigenvalue weighted by molar-refractivity contribution is 7.09. The summed E-state index contributed by atoms with van der Waals surface area (Å²) in [5, 5.41) is 19.2. The molecule has 0 unspecified atom stereocenters. The van der Waals surface area contributed by atoms with Gasteiger partial charge in [-0.05, 0) is 43.2 Å². The predicted molar refractivity (Wildman–Crippen MR) is 221 cm³/mol. The highest BCUT2D eigenvalue weighted by atomic mass is 35.5. The van der Waals surface area contributed by atoms with Crippen molar-refractivity contribution < 1.29 is 33.6 Å². The number of rotatable bonds is 4. The number of likely N-dealkylation sites (N-methyl/N-ethyl adjacent to an activating group) is 1. The van der Waals surface area contributed by atoms with Crippen molar-refractivity contribution in [1.29, 1.82) is 0 Å². The first kappa shape index (κ1) is 42.4. The lowest BCUT2D eigenvalue weighted by molar-refractivity contribution is -0.133. The number of amides is 7. The van der Waals surface area contributed by atoms with Crippen molar-refractivity contribution in [2.45, 2.75) is 50.9 Å². The normalized spacial score (nSPS) is 21.0. The van der Waals surface area contributed by atoms with Gasteiger partial charge >= 0.3 is 0 Å². The third kappa shape index (κ3) is 9.90. The Morgan fingerprint density at radius 1 is 0.797 bits per heavy atom. The van der Waals surface area contributed by atoms with E-state index in [1.807, 2.05) is 24.3 Å². The molecule has 1 aliphatic heterocycles. The second-order valence-corrected chi connectivity index (χ2v) is 15.6. The van der Waals surface area contributed by atoms with Crippen LogP contribution in [0.5, 0.6) is 0 Å². The van der Waals surface area contributed by atoms with Gasteiger partial charge < -0.3 is 46.8 Å². The van der Waals surface area contributed by atoms with E-state index in [0.29, 0.717) is 27.0 Å². The van der Waals surface area contributed by atoms with Gasteiger partial charge in [-0.15, -0.1) is 11.3 Å². The van der Waals surface area contributed by atoms with E-state index in [9.17, 15) is 33.6 Å². The van der Waals surface area contributed by atoms with Crippen LogP contribution in [0, 0.1) is 0 Å². The number of H-pyrrole nitrogens is 2. The first-order valence-electron chi connectivity index (χ1n) is 18.3. The molecule has 308 valence electrons. The van der Waals surface area contributed by atoms with Crippen molar-refractivity contribution in [3.8, 4) is 0 Å². The van der Waals surface area contributed by atoms with E-state index < -0.39 is 78.6 Å². The van der Waals surface area contributed by atoms with E-state index >= 15 is 0 Å². The first-order chi connectivity index (χ1) is 28.1. The van der Waals surface area contributed by atoms with E-state index in [4.69, 9.17) is 23.2 Å². The molecule has 4 heterocycles. The van der Waals surface area contributed by atoms with Gasteiger partial charge in [0.2, 0.25) is 29.5 Å². The average Bonchev–Trinajstić information content (AvgIpc) is 3.96. The molecule has 0 saturated heterocycles. The Bertz CT molecular complexity index is 2500. The van der Waals surface area contributed by atoms with Crippen LogP contribution >= 0.6 is 34.5 Å². The molecule has 0 saturated carbocycles. The van der Waals surface area contributed by atoms with Gasteiger partial charge in [0, 0.05) is 59.5 Å². The number of para-hydroxylation sites is 1. The van der Waals surface area contributed by atoms with Crippen LogP contribution in [-0.4, -0.2) is 99.5 Å². The Morgan fingerprint density at radius 3 is 2.25 bits per heavy atom. The maximum atomic E-state index is 14.4. The summed E-state index contributed by atoms with van der Waals surface area (Å²) < 4.78 is 0. The van der Waals surface area contributed by atoms with Crippen LogP contribution in [0.25, 0.3) is 21.8 Å². The van der Waals surface area contributed by atoms with Gasteiger partial charge in [-0.3, -0.25) is 33.6 Å². The fourth-order valence-corrected chi connectivity index (χ4v) is 7.71. The predicted octanol–water partition coefficient (Wildman–Crippen LogP) is 2.38. The zero-order valence-electron chi connectivity index (χ0n) is 32.0. The Hall–Kier alpha value is -6.24. The van der Waals surface area contributed by atoms with E-state index in [1.165, 1.54) is 19.4 Å². The summed E-state index contributed by atoms with van der Waals surface area (Å²) in [5.74, 6) is -5.08. The molecular weight excluding hydrogens is 823 g/mol. The monoisotopic (exact) mass is 862 g/mol. The standard InChI is InChI=1S/C39H40Cl2N10O7S/c1-18-34(54)47-20(3)39(58)51(4)16-31(53)46-19(2)38-50-29(17-59-38)37(57)49-28(11-21-13-42-25-8-6-5-7-23(21)25)36(56)48-27(35(55)44-15-30(52)45-18)12-22-14-43-26-10-9-24(40)33(41)32(22)26/h5-10,13-14,17-19,27-28,42-43H,3,11-12,15-16H2,1-2,4H3,(H,44,55)(H,45,52)(H,46,53)(H,47,54)(H,48,56)(H,49,57)/t18-,19-,27+,28+/m1/s1. The number of hydrogen-bond donors (Lipinski definition) is 8. The smallest absolute Gasteiger partial charge is 0.271 e. The Kier molecular flexibility index (Phi) is 13.0. The fourth-order valence-electron chi connectivity index (χ4n) is 6.46.